The van der Waals surface area contributed by atoms with Gasteiger partial charge in [-0.05, 0) is 30.3 Å². The number of carbonyl (C=O) groups is 1. The molecule has 0 atom stereocenters. The van der Waals surface area contributed by atoms with Gasteiger partial charge in [0.1, 0.15) is 0 Å². The van der Waals surface area contributed by atoms with Crippen LogP contribution in [0, 0.1) is 0 Å². The number of hydrogen-bond acceptors (Lipinski definition) is 4. The molecule has 0 saturated heterocycles. The van der Waals surface area contributed by atoms with Crippen LogP contribution in [0.25, 0.3) is 0 Å². The summed E-state index contributed by atoms with van der Waals surface area (Å²) in [7, 11) is 0. The standard InChI is InChI=1S/C32H32N2O2/c1-5-21-33(22-6-2)27-17-13-25(14-18-27)32(30-12-10-9-11-29(30)31(35)36-32)26-15-19-28(20-16-26)34(23-7-3)24-8-4/h5-20H,1-4,21-24H2. The highest BCUT2D eigenvalue weighted by Gasteiger charge is 2.48. The quantitative estimate of drug-likeness (QED) is 0.220. The Kier molecular flexibility index (Phi) is 7.55. The normalized spacial score (nSPS) is 13.3. The Hall–Kier alpha value is -4.31. The first-order valence-electron chi connectivity index (χ1n) is 12.1. The topological polar surface area (TPSA) is 32.8 Å². The molecule has 0 spiro atoms. The van der Waals surface area contributed by atoms with Crippen molar-refractivity contribution >= 4 is 17.3 Å². The molecule has 0 aliphatic carbocycles. The van der Waals surface area contributed by atoms with E-state index in [2.05, 4.69) is 60.4 Å². The van der Waals surface area contributed by atoms with E-state index < -0.39 is 5.60 Å². The van der Waals surface area contributed by atoms with Crippen molar-refractivity contribution in [3.8, 4) is 0 Å². The zero-order valence-electron chi connectivity index (χ0n) is 20.6. The van der Waals surface area contributed by atoms with E-state index in [-0.39, 0.29) is 5.97 Å². The number of fused-ring (bicyclic) bond motifs is 1. The molecule has 182 valence electrons. The van der Waals surface area contributed by atoms with Crippen molar-refractivity contribution in [2.75, 3.05) is 36.0 Å². The van der Waals surface area contributed by atoms with Gasteiger partial charge in [-0.2, -0.15) is 0 Å². The summed E-state index contributed by atoms with van der Waals surface area (Å²) < 4.78 is 6.25. The molecule has 3 aromatic carbocycles. The number of nitrogens with zero attached hydrogens (tertiary/aromatic N) is 2. The fourth-order valence-corrected chi connectivity index (χ4v) is 4.82. The maximum Gasteiger partial charge on any atom is 0.340 e. The van der Waals surface area contributed by atoms with E-state index in [1.807, 2.05) is 72.8 Å². The highest BCUT2D eigenvalue weighted by Crippen LogP contribution is 2.47. The minimum atomic E-state index is -1.03. The largest absolute Gasteiger partial charge is 0.441 e. The molecule has 4 rings (SSSR count). The van der Waals surface area contributed by atoms with E-state index in [0.29, 0.717) is 31.7 Å². The molecular formula is C32H32N2O2. The number of anilines is 2. The van der Waals surface area contributed by atoms with Gasteiger partial charge in [0.2, 0.25) is 0 Å². The van der Waals surface area contributed by atoms with Crippen LogP contribution in [0.3, 0.4) is 0 Å². The summed E-state index contributed by atoms with van der Waals surface area (Å²) in [5.74, 6) is -0.321. The molecule has 1 heterocycles. The number of ether oxygens (including phenoxy) is 1. The lowest BCUT2D eigenvalue weighted by Crippen LogP contribution is -2.30. The smallest absolute Gasteiger partial charge is 0.340 e. The van der Waals surface area contributed by atoms with E-state index in [1.54, 1.807) is 0 Å². The summed E-state index contributed by atoms with van der Waals surface area (Å²) in [5.41, 5.74) is 4.28. The molecule has 0 saturated carbocycles. The van der Waals surface area contributed by atoms with Gasteiger partial charge in [0.05, 0.1) is 5.56 Å². The molecule has 1 aliphatic heterocycles. The Morgan fingerprint density at radius 2 is 1.06 bits per heavy atom. The first-order chi connectivity index (χ1) is 17.6. The van der Waals surface area contributed by atoms with Gasteiger partial charge in [-0.1, -0.05) is 66.8 Å². The van der Waals surface area contributed by atoms with Crippen LogP contribution in [0.2, 0.25) is 0 Å². The zero-order valence-corrected chi connectivity index (χ0v) is 20.6. The summed E-state index contributed by atoms with van der Waals surface area (Å²) in [5, 5.41) is 0. The van der Waals surface area contributed by atoms with Crippen LogP contribution in [0.1, 0.15) is 27.0 Å². The highest BCUT2D eigenvalue weighted by molar-refractivity contribution is 5.96. The van der Waals surface area contributed by atoms with Gasteiger partial charge >= 0.3 is 5.97 Å². The molecule has 0 fully saturated rings. The molecule has 0 radical (unpaired) electrons. The van der Waals surface area contributed by atoms with Crippen molar-refractivity contribution < 1.29 is 9.53 Å². The maximum absolute atomic E-state index is 13.0. The Labute approximate surface area is 214 Å². The summed E-state index contributed by atoms with van der Waals surface area (Å²) >= 11 is 0. The van der Waals surface area contributed by atoms with Crippen molar-refractivity contribution in [2.45, 2.75) is 5.60 Å². The van der Waals surface area contributed by atoms with Crippen molar-refractivity contribution in [3.05, 3.63) is 146 Å². The molecule has 3 aromatic rings. The van der Waals surface area contributed by atoms with Crippen LogP contribution >= 0.6 is 0 Å². The SMILES string of the molecule is C=CCN(CC=C)c1ccc(C2(c3ccc(N(CC=C)CC=C)cc3)OC(=O)c3ccccc32)cc1. The van der Waals surface area contributed by atoms with Crippen LogP contribution in [-0.2, 0) is 10.3 Å². The summed E-state index contributed by atoms with van der Waals surface area (Å²) in [6.07, 6.45) is 7.49. The number of benzene rings is 3. The van der Waals surface area contributed by atoms with Crippen LogP contribution < -0.4 is 9.80 Å². The second kappa shape index (κ2) is 11.0. The number of cyclic esters (lactones) is 1. The van der Waals surface area contributed by atoms with E-state index in [0.717, 1.165) is 28.1 Å². The van der Waals surface area contributed by atoms with Crippen molar-refractivity contribution in [1.29, 1.82) is 0 Å². The van der Waals surface area contributed by atoms with Crippen molar-refractivity contribution in [3.63, 3.8) is 0 Å². The molecular weight excluding hydrogens is 444 g/mol. The zero-order chi connectivity index (χ0) is 25.5. The Balaban J connectivity index is 1.82. The van der Waals surface area contributed by atoms with Gasteiger partial charge in [-0.25, -0.2) is 4.79 Å². The Bertz CT molecular complexity index is 1170. The van der Waals surface area contributed by atoms with Crippen LogP contribution in [0.15, 0.2) is 123 Å². The lowest BCUT2D eigenvalue weighted by molar-refractivity contribution is 0.0251. The molecule has 4 nitrogen and oxygen atoms in total. The average molecular weight is 477 g/mol. The number of esters is 1. The van der Waals surface area contributed by atoms with E-state index in [1.165, 1.54) is 0 Å². The summed E-state index contributed by atoms with van der Waals surface area (Å²) in [6.45, 7) is 18.3. The van der Waals surface area contributed by atoms with Crippen LogP contribution in [0.5, 0.6) is 0 Å². The molecule has 0 bridgehead atoms. The van der Waals surface area contributed by atoms with Gasteiger partial charge in [0.25, 0.3) is 0 Å². The molecule has 36 heavy (non-hydrogen) atoms. The third-order valence-corrected chi connectivity index (χ3v) is 6.45. The predicted octanol–water partition coefficient (Wildman–Crippen LogP) is 6.51. The van der Waals surface area contributed by atoms with Crippen molar-refractivity contribution in [2.24, 2.45) is 0 Å². The second-order valence-electron chi connectivity index (χ2n) is 8.67. The number of carbonyl (C=O) groups excluding carboxylic acids is 1. The first-order valence-corrected chi connectivity index (χ1v) is 12.1. The Morgan fingerprint density at radius 3 is 1.47 bits per heavy atom. The molecule has 4 heteroatoms. The predicted molar refractivity (Wildman–Crippen MR) is 150 cm³/mol. The minimum Gasteiger partial charge on any atom is -0.441 e. The minimum absolute atomic E-state index is 0.321. The monoisotopic (exact) mass is 476 g/mol. The fraction of sp³-hybridized carbons (Fsp3) is 0.156. The molecule has 0 N–H and O–H groups in total. The number of hydrogen-bond donors (Lipinski definition) is 0. The number of rotatable bonds is 12. The third kappa shape index (κ3) is 4.50. The fourth-order valence-electron chi connectivity index (χ4n) is 4.82. The van der Waals surface area contributed by atoms with E-state index >= 15 is 0 Å². The van der Waals surface area contributed by atoms with Gasteiger partial charge in [0.15, 0.2) is 5.60 Å². The van der Waals surface area contributed by atoms with Gasteiger partial charge in [-0.15, -0.1) is 26.3 Å². The summed E-state index contributed by atoms with van der Waals surface area (Å²) in [6, 6.07) is 24.0. The average Bonchev–Trinajstić information content (AvgIpc) is 3.22. The maximum atomic E-state index is 13.0. The molecule has 1 aliphatic rings. The van der Waals surface area contributed by atoms with Gasteiger partial charge in [0, 0.05) is 54.2 Å². The lowest BCUT2D eigenvalue weighted by atomic mass is 9.80. The van der Waals surface area contributed by atoms with E-state index in [9.17, 15) is 4.79 Å². The van der Waals surface area contributed by atoms with Crippen LogP contribution in [-0.4, -0.2) is 32.1 Å². The molecule has 0 unspecified atom stereocenters. The lowest BCUT2D eigenvalue weighted by Gasteiger charge is -2.32. The van der Waals surface area contributed by atoms with Gasteiger partial charge < -0.3 is 14.5 Å². The first kappa shape index (κ1) is 24.8. The van der Waals surface area contributed by atoms with Crippen LogP contribution in [0.4, 0.5) is 11.4 Å². The van der Waals surface area contributed by atoms with Crippen molar-refractivity contribution in [1.82, 2.24) is 0 Å². The van der Waals surface area contributed by atoms with E-state index in [4.69, 9.17) is 4.74 Å². The van der Waals surface area contributed by atoms with Gasteiger partial charge in [-0.3, -0.25) is 0 Å². The summed E-state index contributed by atoms with van der Waals surface area (Å²) in [4.78, 5) is 17.4. The third-order valence-electron chi connectivity index (χ3n) is 6.45. The molecule has 0 amide bonds. The Morgan fingerprint density at radius 1 is 0.639 bits per heavy atom. The second-order valence-corrected chi connectivity index (χ2v) is 8.67. The highest BCUT2D eigenvalue weighted by atomic mass is 16.6. The molecule has 0 aromatic heterocycles.